The fraction of sp³-hybridized carbons (Fsp3) is 0.438. The number of aromatic nitrogens is 1. The number of aryl methyl sites for hydroxylation is 1. The van der Waals surface area contributed by atoms with Crippen molar-refractivity contribution in [3.63, 3.8) is 0 Å². The number of nitrogens with one attached hydrogen (secondary N) is 1. The first-order valence-corrected chi connectivity index (χ1v) is 7.94. The molecular formula is C16H22N2OS. The summed E-state index contributed by atoms with van der Waals surface area (Å²) in [6, 6.07) is 8.50. The molecule has 1 aromatic heterocycles. The second kappa shape index (κ2) is 7.41. The zero-order valence-electron chi connectivity index (χ0n) is 12.3. The van der Waals surface area contributed by atoms with Crippen LogP contribution in [0.3, 0.4) is 0 Å². The summed E-state index contributed by atoms with van der Waals surface area (Å²) >= 11 is 1.73. The Balaban J connectivity index is 1.89. The van der Waals surface area contributed by atoms with Crippen molar-refractivity contribution < 1.29 is 4.74 Å². The summed E-state index contributed by atoms with van der Waals surface area (Å²) in [4.78, 5) is 4.48. The maximum absolute atomic E-state index is 5.68. The van der Waals surface area contributed by atoms with Crippen LogP contribution in [-0.4, -0.2) is 18.1 Å². The van der Waals surface area contributed by atoms with Crippen LogP contribution in [0, 0.1) is 6.92 Å². The van der Waals surface area contributed by atoms with Crippen molar-refractivity contribution in [1.82, 2.24) is 10.3 Å². The molecule has 20 heavy (non-hydrogen) atoms. The van der Waals surface area contributed by atoms with Crippen LogP contribution >= 0.6 is 11.3 Å². The minimum Gasteiger partial charge on any atom is -0.494 e. The van der Waals surface area contributed by atoms with Gasteiger partial charge in [0.05, 0.1) is 11.6 Å². The number of rotatable bonds is 7. The molecule has 0 aliphatic rings. The van der Waals surface area contributed by atoms with Crippen molar-refractivity contribution >= 4 is 11.3 Å². The Morgan fingerprint density at radius 2 is 2.15 bits per heavy atom. The van der Waals surface area contributed by atoms with Gasteiger partial charge in [0.25, 0.3) is 0 Å². The number of para-hydroxylation sites is 1. The third-order valence-corrected chi connectivity index (χ3v) is 4.17. The Bertz CT molecular complexity index is 539. The zero-order chi connectivity index (χ0) is 14.4. The summed E-state index contributed by atoms with van der Waals surface area (Å²) in [6.07, 6.45) is 0.972. The molecule has 0 spiro atoms. The Morgan fingerprint density at radius 3 is 2.85 bits per heavy atom. The van der Waals surface area contributed by atoms with E-state index in [2.05, 4.69) is 34.7 Å². The SMILES string of the molecule is CCOc1ccccc1C(C)NCCc1nc(C)cs1. The van der Waals surface area contributed by atoms with Crippen LogP contribution in [0.5, 0.6) is 5.75 Å². The van der Waals surface area contributed by atoms with Crippen molar-refractivity contribution in [2.75, 3.05) is 13.2 Å². The minimum atomic E-state index is 0.277. The molecule has 0 saturated carbocycles. The Kier molecular flexibility index (Phi) is 5.56. The lowest BCUT2D eigenvalue weighted by molar-refractivity contribution is 0.332. The van der Waals surface area contributed by atoms with Crippen LogP contribution in [-0.2, 0) is 6.42 Å². The van der Waals surface area contributed by atoms with Gasteiger partial charge in [-0.25, -0.2) is 4.98 Å². The number of benzene rings is 1. The average Bonchev–Trinajstić information content (AvgIpc) is 2.85. The lowest BCUT2D eigenvalue weighted by Gasteiger charge is -2.17. The van der Waals surface area contributed by atoms with Gasteiger partial charge in [-0.1, -0.05) is 18.2 Å². The second-order valence-corrected chi connectivity index (χ2v) is 5.72. The highest BCUT2D eigenvalue weighted by molar-refractivity contribution is 7.09. The monoisotopic (exact) mass is 290 g/mol. The van der Waals surface area contributed by atoms with Crippen molar-refractivity contribution in [2.24, 2.45) is 0 Å². The van der Waals surface area contributed by atoms with Crippen LogP contribution in [0.25, 0.3) is 0 Å². The molecule has 0 aliphatic heterocycles. The van der Waals surface area contributed by atoms with Gasteiger partial charge in [0.2, 0.25) is 0 Å². The predicted molar refractivity (Wildman–Crippen MR) is 84.6 cm³/mol. The van der Waals surface area contributed by atoms with Gasteiger partial charge in [-0.05, 0) is 26.8 Å². The third-order valence-electron chi connectivity index (χ3n) is 3.14. The normalized spacial score (nSPS) is 12.3. The van der Waals surface area contributed by atoms with E-state index in [4.69, 9.17) is 4.74 Å². The topological polar surface area (TPSA) is 34.1 Å². The van der Waals surface area contributed by atoms with Gasteiger partial charge in [-0.3, -0.25) is 0 Å². The van der Waals surface area contributed by atoms with Crippen LogP contribution < -0.4 is 10.1 Å². The van der Waals surface area contributed by atoms with Crippen molar-refractivity contribution in [3.8, 4) is 5.75 Å². The van der Waals surface area contributed by atoms with Gasteiger partial charge in [0.15, 0.2) is 0 Å². The lowest BCUT2D eigenvalue weighted by Crippen LogP contribution is -2.22. The molecule has 1 aromatic carbocycles. The molecule has 0 fully saturated rings. The fourth-order valence-corrected chi connectivity index (χ4v) is 2.92. The van der Waals surface area contributed by atoms with Crippen molar-refractivity contribution in [2.45, 2.75) is 33.2 Å². The van der Waals surface area contributed by atoms with E-state index in [0.717, 1.165) is 24.4 Å². The van der Waals surface area contributed by atoms with Gasteiger partial charge in [0, 0.05) is 35.6 Å². The highest BCUT2D eigenvalue weighted by Gasteiger charge is 2.10. The number of hydrogen-bond acceptors (Lipinski definition) is 4. The van der Waals surface area contributed by atoms with E-state index >= 15 is 0 Å². The lowest BCUT2D eigenvalue weighted by atomic mass is 10.1. The molecule has 2 rings (SSSR count). The third kappa shape index (κ3) is 4.05. The molecule has 1 unspecified atom stereocenters. The van der Waals surface area contributed by atoms with Crippen LogP contribution in [0.1, 0.15) is 36.2 Å². The molecule has 108 valence electrons. The minimum absolute atomic E-state index is 0.277. The molecule has 0 saturated heterocycles. The predicted octanol–water partition coefficient (Wildman–Crippen LogP) is 3.74. The van der Waals surface area contributed by atoms with Crippen LogP contribution in [0.4, 0.5) is 0 Å². The fourth-order valence-electron chi connectivity index (χ4n) is 2.15. The summed E-state index contributed by atoms with van der Waals surface area (Å²) in [5.74, 6) is 0.972. The number of nitrogens with zero attached hydrogens (tertiary/aromatic N) is 1. The largest absolute Gasteiger partial charge is 0.494 e. The Labute approximate surface area is 125 Å². The van der Waals surface area contributed by atoms with Crippen LogP contribution in [0.2, 0.25) is 0 Å². The van der Waals surface area contributed by atoms with E-state index in [1.54, 1.807) is 11.3 Å². The maximum atomic E-state index is 5.68. The van der Waals surface area contributed by atoms with E-state index in [0.29, 0.717) is 6.61 Å². The molecule has 1 N–H and O–H groups in total. The van der Waals surface area contributed by atoms with E-state index in [9.17, 15) is 0 Å². The maximum Gasteiger partial charge on any atom is 0.124 e. The summed E-state index contributed by atoms with van der Waals surface area (Å²) in [5.41, 5.74) is 2.32. The first-order valence-electron chi connectivity index (χ1n) is 7.06. The van der Waals surface area contributed by atoms with Crippen molar-refractivity contribution in [1.29, 1.82) is 0 Å². The highest BCUT2D eigenvalue weighted by Crippen LogP contribution is 2.24. The molecule has 0 amide bonds. The standard InChI is InChI=1S/C16H22N2OS/c1-4-19-15-8-6-5-7-14(15)13(3)17-10-9-16-18-12(2)11-20-16/h5-8,11,13,17H,4,9-10H2,1-3H3. The Hall–Kier alpha value is -1.39. The van der Waals surface area contributed by atoms with E-state index in [-0.39, 0.29) is 6.04 Å². The van der Waals surface area contributed by atoms with Gasteiger partial charge in [0.1, 0.15) is 5.75 Å². The molecule has 0 aliphatic carbocycles. The highest BCUT2D eigenvalue weighted by atomic mass is 32.1. The average molecular weight is 290 g/mol. The molecule has 2 aromatic rings. The van der Waals surface area contributed by atoms with Crippen LogP contribution in [0.15, 0.2) is 29.6 Å². The van der Waals surface area contributed by atoms with E-state index in [1.165, 1.54) is 10.6 Å². The molecule has 0 radical (unpaired) electrons. The number of thiazole rings is 1. The van der Waals surface area contributed by atoms with Gasteiger partial charge < -0.3 is 10.1 Å². The molecule has 0 bridgehead atoms. The quantitative estimate of drug-likeness (QED) is 0.843. The first-order chi connectivity index (χ1) is 9.70. The molecule has 3 nitrogen and oxygen atoms in total. The molecule has 1 atom stereocenters. The number of hydrogen-bond donors (Lipinski definition) is 1. The zero-order valence-corrected chi connectivity index (χ0v) is 13.2. The Morgan fingerprint density at radius 1 is 1.35 bits per heavy atom. The smallest absolute Gasteiger partial charge is 0.124 e. The van der Waals surface area contributed by atoms with Gasteiger partial charge in [-0.15, -0.1) is 11.3 Å². The first kappa shape index (κ1) is 15.0. The summed E-state index contributed by atoms with van der Waals surface area (Å²) in [6.45, 7) is 7.84. The van der Waals surface area contributed by atoms with Gasteiger partial charge in [-0.2, -0.15) is 0 Å². The molecule has 1 heterocycles. The molecule has 4 heteroatoms. The summed E-state index contributed by atoms with van der Waals surface area (Å²) < 4.78 is 5.68. The van der Waals surface area contributed by atoms with Gasteiger partial charge >= 0.3 is 0 Å². The van der Waals surface area contributed by atoms with E-state index < -0.39 is 0 Å². The van der Waals surface area contributed by atoms with E-state index in [1.807, 2.05) is 26.0 Å². The summed E-state index contributed by atoms with van der Waals surface area (Å²) in [7, 11) is 0. The molecular weight excluding hydrogens is 268 g/mol. The second-order valence-electron chi connectivity index (χ2n) is 4.78. The summed E-state index contributed by atoms with van der Waals surface area (Å²) in [5, 5.41) is 6.84. The number of ether oxygens (including phenoxy) is 1. The van der Waals surface area contributed by atoms with Crippen molar-refractivity contribution in [3.05, 3.63) is 45.9 Å².